The molecule has 0 aliphatic heterocycles. The summed E-state index contributed by atoms with van der Waals surface area (Å²) in [4.78, 5) is 0. The Morgan fingerprint density at radius 3 is 0.769 bits per heavy atom. The zero-order chi connectivity index (χ0) is 5.41. The van der Waals surface area contributed by atoms with Crippen molar-refractivity contribution in [1.29, 1.82) is 0 Å². The maximum absolute atomic E-state index is 8.40. The maximum atomic E-state index is 8.40. The molecule has 6 nitrogen and oxygen atoms in total. The van der Waals surface area contributed by atoms with Gasteiger partial charge in [-0.15, -0.1) is 0 Å². The number of hydrogen-bond donors (Lipinski definition) is 2. The van der Waals surface area contributed by atoms with Crippen LogP contribution in [-0.2, 0) is 31.6 Å². The van der Waals surface area contributed by atoms with Gasteiger partial charge in [0.1, 0.15) is 0 Å². The van der Waals surface area contributed by atoms with Gasteiger partial charge in [0.05, 0.1) is 0 Å². The van der Waals surface area contributed by atoms with Crippen LogP contribution in [0.25, 0.3) is 0 Å². The van der Waals surface area contributed by atoms with Gasteiger partial charge in [0.25, 0.3) is 0 Å². The molecule has 0 saturated carbocycles. The average Bonchev–Trinajstić information content (AvgIpc) is 1.39. The number of rotatable bonds is 0. The summed E-state index contributed by atoms with van der Waals surface area (Å²) in [6.07, 6.45) is 0. The molecule has 0 saturated heterocycles. The van der Waals surface area contributed by atoms with Crippen LogP contribution < -0.4 is 12.3 Å². The molecular weight excluding hydrogens is 234 g/mol. The van der Waals surface area contributed by atoms with E-state index < -0.39 is 23.2 Å². The van der Waals surface area contributed by atoms with E-state index in [0.29, 0.717) is 0 Å². The van der Waals surface area contributed by atoms with Gasteiger partial charge in [-0.25, -0.2) is 9.13 Å². The first-order valence-electron chi connectivity index (χ1n) is 0.697. The first-order valence-corrected chi connectivity index (χ1v) is 2.41. The predicted octanol–water partition coefficient (Wildman–Crippen LogP) is 2.60. The normalized spacial score (nSPS) is 2.15. The summed E-state index contributed by atoms with van der Waals surface area (Å²) in [7, 11) is -1.42. The van der Waals surface area contributed by atoms with Crippen molar-refractivity contribution in [1.82, 2.24) is 12.3 Å². The Bertz CT molecular complexity index is 84.1. The molecule has 0 amide bonds. The second kappa shape index (κ2) is 259. The molecule has 9 heteroatoms. The van der Waals surface area contributed by atoms with Crippen LogP contribution in [0.1, 0.15) is 29.7 Å². The van der Waals surface area contributed by atoms with E-state index in [9.17, 15) is 0 Å². The van der Waals surface area contributed by atoms with E-state index in [0.717, 1.165) is 0 Å². The van der Waals surface area contributed by atoms with Crippen LogP contribution in [0.2, 0.25) is 0 Å². The molecule has 1 radical (unpaired) electrons. The molecule has 0 fully saturated rings. The third kappa shape index (κ3) is 4830. The van der Waals surface area contributed by atoms with Gasteiger partial charge in [0.15, 0.2) is 0 Å². The molecule has 0 aromatic carbocycles. The van der Waals surface area contributed by atoms with Crippen molar-refractivity contribution in [2.45, 2.75) is 29.7 Å². The minimum absolute atomic E-state index is 0. The van der Waals surface area contributed by atoms with Gasteiger partial charge in [-0.1, -0.05) is 29.7 Å². The van der Waals surface area contributed by atoms with Gasteiger partial charge in [0.2, 0.25) is 0 Å². The van der Waals surface area contributed by atoms with Crippen molar-refractivity contribution in [2.75, 3.05) is 0 Å². The Morgan fingerprint density at radius 2 is 0.769 bits per heavy atom. The van der Waals surface area contributed by atoms with E-state index in [1.807, 2.05) is 0 Å². The average molecular weight is 257 g/mol. The van der Waals surface area contributed by atoms with Crippen LogP contribution in [0, 0.1) is 0 Å². The fraction of sp³-hybridized carbons (Fsp3) is 1.00. The van der Waals surface area contributed by atoms with Crippen molar-refractivity contribution in [3.63, 3.8) is 0 Å². The van der Waals surface area contributed by atoms with Crippen molar-refractivity contribution in [3.8, 4) is 0 Å². The van der Waals surface area contributed by atoms with Gasteiger partial charge in [-0.3, -0.25) is 0 Å². The van der Waals surface area contributed by atoms with E-state index in [-0.39, 0.29) is 60.9 Å². The monoisotopic (exact) mass is 257 g/mol. The second-order valence-corrected chi connectivity index (χ2v) is 0.493. The van der Waals surface area contributed by atoms with Gasteiger partial charge >= 0.3 is 30.8 Å². The van der Waals surface area contributed by atoms with Gasteiger partial charge in [-0.05, 0) is 0 Å². The van der Waals surface area contributed by atoms with Crippen LogP contribution in [-0.4, -0.2) is 18.9 Å². The van der Waals surface area contributed by atoms with Gasteiger partial charge in [-0.2, -0.15) is 0 Å². The van der Waals surface area contributed by atoms with E-state index in [2.05, 4.69) is 0 Å². The van der Waals surface area contributed by atoms with Gasteiger partial charge in [0, 0.05) is 18.9 Å². The zero-order valence-electron chi connectivity index (χ0n) is 4.90. The standard InChI is InChI=1S/4CH4.Fe.Li.2H3N.HO2P.2O/c;;;;;;;;1-3-2;;/h4*1H4;;;2*1H3;3H;;. The molecule has 6 N–H and O–H groups in total. The molecule has 87 valence electrons. The van der Waals surface area contributed by atoms with Crippen molar-refractivity contribution >= 4 is 27.2 Å². The zero-order valence-corrected chi connectivity index (χ0v) is 7.00. The molecule has 0 bridgehead atoms. The topological polar surface area (TPSA) is 138 Å². The molecule has 0 aliphatic rings. The summed E-state index contributed by atoms with van der Waals surface area (Å²) in [6, 6.07) is 0. The summed E-state index contributed by atoms with van der Waals surface area (Å²) >= 11 is -1.25. The molecule has 0 rings (SSSR count). The van der Waals surface area contributed by atoms with E-state index in [1.165, 1.54) is 0 Å². The molecule has 0 aromatic heterocycles. The van der Waals surface area contributed by atoms with Crippen LogP contribution in [0.15, 0.2) is 0 Å². The first kappa shape index (κ1) is 103. The summed E-state index contributed by atoms with van der Waals surface area (Å²) < 4.78 is 33.6. The molecule has 13 heavy (non-hydrogen) atoms. The SMILES string of the molecule is C.C.C.C.N.N.O=[PH]=O.[Li].[O]=[Fe]=[O]. The Labute approximate surface area is 101 Å². The Hall–Kier alpha value is 0.537. The van der Waals surface area contributed by atoms with Gasteiger partial charge < -0.3 is 12.3 Å². The fourth-order valence-electron chi connectivity index (χ4n) is 0. The van der Waals surface area contributed by atoms with E-state index in [1.54, 1.807) is 0 Å². The molecule has 0 atom stereocenters. The van der Waals surface area contributed by atoms with Crippen LogP contribution >= 0.6 is 8.34 Å². The van der Waals surface area contributed by atoms with Crippen molar-refractivity contribution in [3.05, 3.63) is 0 Å². The predicted molar refractivity (Wildman–Crippen MR) is 53.8 cm³/mol. The second-order valence-electron chi connectivity index (χ2n) is 0.142. The van der Waals surface area contributed by atoms with Crippen molar-refractivity contribution < 1.29 is 31.6 Å². The molecule has 0 aromatic rings. The fourth-order valence-corrected chi connectivity index (χ4v) is 0. The molecule has 0 unspecified atom stereocenters. The molecule has 0 heterocycles. The summed E-state index contributed by atoms with van der Waals surface area (Å²) in [5.74, 6) is 0. The minimum atomic E-state index is -1.42. The quantitative estimate of drug-likeness (QED) is 0.505. The summed E-state index contributed by atoms with van der Waals surface area (Å²) in [6.45, 7) is 0. The van der Waals surface area contributed by atoms with Crippen LogP contribution in [0.5, 0.6) is 0 Å². The Kier molecular flexibility index (Phi) is 2060. The summed E-state index contributed by atoms with van der Waals surface area (Å²) in [5.41, 5.74) is 0. The Morgan fingerprint density at radius 1 is 0.769 bits per heavy atom. The third-order valence-electron chi connectivity index (χ3n) is 0. The van der Waals surface area contributed by atoms with E-state index >= 15 is 0 Å². The number of hydrogen-bond acceptors (Lipinski definition) is 6. The molecule has 0 aliphatic carbocycles. The van der Waals surface area contributed by atoms with E-state index in [4.69, 9.17) is 16.8 Å². The summed E-state index contributed by atoms with van der Waals surface area (Å²) in [5, 5.41) is 0. The molecular formula is C4H23FeLiN2O4P. The third-order valence-corrected chi connectivity index (χ3v) is 0. The first-order chi connectivity index (χ1) is 2.83. The van der Waals surface area contributed by atoms with Crippen LogP contribution in [0.3, 0.4) is 0 Å². The Balaban J connectivity index is -0.00000000229. The van der Waals surface area contributed by atoms with Crippen molar-refractivity contribution in [2.24, 2.45) is 0 Å². The van der Waals surface area contributed by atoms with Crippen LogP contribution in [0.4, 0.5) is 0 Å². The molecule has 0 spiro atoms.